The molecule has 0 fully saturated rings. The lowest BCUT2D eigenvalue weighted by molar-refractivity contribution is 0.380. The van der Waals surface area contributed by atoms with Crippen molar-refractivity contribution >= 4 is 0 Å². The van der Waals surface area contributed by atoms with Gasteiger partial charge < -0.3 is 4.52 Å². The Balaban J connectivity index is 2.03. The van der Waals surface area contributed by atoms with Crippen molar-refractivity contribution in [3.8, 4) is 0 Å². The summed E-state index contributed by atoms with van der Waals surface area (Å²) >= 11 is 0. The summed E-state index contributed by atoms with van der Waals surface area (Å²) in [4.78, 5) is 0. The van der Waals surface area contributed by atoms with Crippen molar-refractivity contribution in [2.24, 2.45) is 5.92 Å². The van der Waals surface area contributed by atoms with Gasteiger partial charge >= 0.3 is 0 Å². The molecule has 0 aliphatic carbocycles. The lowest BCUT2D eigenvalue weighted by Crippen LogP contribution is -1.93. The van der Waals surface area contributed by atoms with Crippen molar-refractivity contribution in [2.75, 3.05) is 0 Å². The van der Waals surface area contributed by atoms with Crippen molar-refractivity contribution in [3.05, 3.63) is 53.4 Å². The maximum atomic E-state index is 5.32. The van der Waals surface area contributed by atoms with Gasteiger partial charge in [0.05, 0.1) is 5.69 Å². The summed E-state index contributed by atoms with van der Waals surface area (Å²) in [6.07, 6.45) is 1.81. The third kappa shape index (κ3) is 2.96. The SMILES string of the molecule is CC(C)Cc1cc(Cc2ccccc2)on1. The Kier molecular flexibility index (Phi) is 3.40. The van der Waals surface area contributed by atoms with E-state index in [-0.39, 0.29) is 0 Å². The predicted octanol–water partition coefficient (Wildman–Crippen LogP) is 3.46. The van der Waals surface area contributed by atoms with Crippen molar-refractivity contribution in [2.45, 2.75) is 26.7 Å². The summed E-state index contributed by atoms with van der Waals surface area (Å²) in [5, 5.41) is 4.08. The van der Waals surface area contributed by atoms with E-state index in [0.29, 0.717) is 5.92 Å². The average Bonchev–Trinajstić information content (AvgIpc) is 2.66. The fourth-order valence-electron chi connectivity index (χ4n) is 1.75. The Labute approximate surface area is 96.3 Å². The van der Waals surface area contributed by atoms with E-state index in [4.69, 9.17) is 4.52 Å². The molecular formula is C14H17NO. The van der Waals surface area contributed by atoms with Crippen LogP contribution in [-0.4, -0.2) is 5.16 Å². The van der Waals surface area contributed by atoms with Crippen LogP contribution >= 0.6 is 0 Å². The quantitative estimate of drug-likeness (QED) is 0.780. The van der Waals surface area contributed by atoms with Gasteiger partial charge in [-0.25, -0.2) is 0 Å². The maximum Gasteiger partial charge on any atom is 0.141 e. The van der Waals surface area contributed by atoms with Gasteiger partial charge in [0.15, 0.2) is 0 Å². The highest BCUT2D eigenvalue weighted by atomic mass is 16.5. The highest BCUT2D eigenvalue weighted by Crippen LogP contribution is 2.13. The molecule has 0 bridgehead atoms. The molecule has 2 rings (SSSR count). The van der Waals surface area contributed by atoms with Gasteiger partial charge in [-0.3, -0.25) is 0 Å². The van der Waals surface area contributed by atoms with Gasteiger partial charge in [-0.05, 0) is 17.9 Å². The Morgan fingerprint density at radius 2 is 1.94 bits per heavy atom. The second kappa shape index (κ2) is 4.97. The molecular weight excluding hydrogens is 198 g/mol. The van der Waals surface area contributed by atoms with E-state index in [1.54, 1.807) is 0 Å². The molecule has 1 heterocycles. The first-order valence-corrected chi connectivity index (χ1v) is 5.72. The van der Waals surface area contributed by atoms with Crippen LogP contribution in [0.1, 0.15) is 30.9 Å². The first-order valence-electron chi connectivity index (χ1n) is 5.72. The summed E-state index contributed by atoms with van der Waals surface area (Å²) < 4.78 is 5.32. The van der Waals surface area contributed by atoms with E-state index in [0.717, 1.165) is 24.3 Å². The Morgan fingerprint density at radius 3 is 2.62 bits per heavy atom. The minimum atomic E-state index is 0.620. The average molecular weight is 215 g/mol. The zero-order chi connectivity index (χ0) is 11.4. The Morgan fingerprint density at radius 1 is 1.19 bits per heavy atom. The maximum absolute atomic E-state index is 5.32. The van der Waals surface area contributed by atoms with E-state index >= 15 is 0 Å². The van der Waals surface area contributed by atoms with Crippen molar-refractivity contribution in [3.63, 3.8) is 0 Å². The first kappa shape index (κ1) is 10.9. The summed E-state index contributed by atoms with van der Waals surface area (Å²) in [6, 6.07) is 12.4. The molecule has 2 heteroatoms. The number of aromatic nitrogens is 1. The van der Waals surface area contributed by atoms with Crippen molar-refractivity contribution in [1.82, 2.24) is 5.16 Å². The second-order valence-electron chi connectivity index (χ2n) is 4.54. The molecule has 0 amide bonds. The lowest BCUT2D eigenvalue weighted by atomic mass is 10.1. The van der Waals surface area contributed by atoms with Gasteiger partial charge in [-0.1, -0.05) is 49.3 Å². The number of benzene rings is 1. The van der Waals surface area contributed by atoms with Crippen LogP contribution in [0.5, 0.6) is 0 Å². The van der Waals surface area contributed by atoms with Crippen LogP contribution in [0.2, 0.25) is 0 Å². The van der Waals surface area contributed by atoms with Gasteiger partial charge in [0.2, 0.25) is 0 Å². The van der Waals surface area contributed by atoms with Crippen LogP contribution in [0.3, 0.4) is 0 Å². The zero-order valence-corrected chi connectivity index (χ0v) is 9.81. The number of hydrogen-bond donors (Lipinski definition) is 0. The summed E-state index contributed by atoms with van der Waals surface area (Å²) in [5.41, 5.74) is 2.32. The van der Waals surface area contributed by atoms with E-state index in [9.17, 15) is 0 Å². The zero-order valence-electron chi connectivity index (χ0n) is 9.81. The molecule has 0 spiro atoms. The summed E-state index contributed by atoms with van der Waals surface area (Å²) in [7, 11) is 0. The van der Waals surface area contributed by atoms with Gasteiger partial charge in [0.1, 0.15) is 5.76 Å². The van der Waals surface area contributed by atoms with Crippen LogP contribution in [0, 0.1) is 5.92 Å². The van der Waals surface area contributed by atoms with Crippen LogP contribution in [0.15, 0.2) is 40.9 Å². The summed E-state index contributed by atoms with van der Waals surface area (Å²) in [5.74, 6) is 1.57. The van der Waals surface area contributed by atoms with Crippen molar-refractivity contribution in [1.29, 1.82) is 0 Å². The van der Waals surface area contributed by atoms with E-state index in [2.05, 4.69) is 37.2 Å². The van der Waals surface area contributed by atoms with Crippen LogP contribution in [0.4, 0.5) is 0 Å². The van der Waals surface area contributed by atoms with Crippen LogP contribution in [-0.2, 0) is 12.8 Å². The molecule has 0 aliphatic heterocycles. The van der Waals surface area contributed by atoms with Gasteiger partial charge in [0, 0.05) is 12.5 Å². The monoisotopic (exact) mass is 215 g/mol. The molecule has 2 nitrogen and oxygen atoms in total. The van der Waals surface area contributed by atoms with Crippen LogP contribution in [0.25, 0.3) is 0 Å². The number of rotatable bonds is 4. The second-order valence-corrected chi connectivity index (χ2v) is 4.54. The predicted molar refractivity (Wildman–Crippen MR) is 64.3 cm³/mol. The van der Waals surface area contributed by atoms with Crippen molar-refractivity contribution < 1.29 is 4.52 Å². The fraction of sp³-hybridized carbons (Fsp3) is 0.357. The number of hydrogen-bond acceptors (Lipinski definition) is 2. The standard InChI is InChI=1S/C14H17NO/c1-11(2)8-13-10-14(16-15-13)9-12-6-4-3-5-7-12/h3-7,10-11H,8-9H2,1-2H3. The topological polar surface area (TPSA) is 26.0 Å². The van der Waals surface area contributed by atoms with E-state index in [1.807, 2.05) is 18.2 Å². The summed E-state index contributed by atoms with van der Waals surface area (Å²) in [6.45, 7) is 4.37. The highest BCUT2D eigenvalue weighted by molar-refractivity contribution is 5.21. The first-order chi connectivity index (χ1) is 7.74. The Bertz CT molecular complexity index is 431. The lowest BCUT2D eigenvalue weighted by Gasteiger charge is -1.97. The fourth-order valence-corrected chi connectivity index (χ4v) is 1.75. The van der Waals surface area contributed by atoms with E-state index in [1.165, 1.54) is 5.56 Å². The molecule has 84 valence electrons. The molecule has 2 aromatic rings. The van der Waals surface area contributed by atoms with E-state index < -0.39 is 0 Å². The minimum absolute atomic E-state index is 0.620. The number of nitrogens with zero attached hydrogens (tertiary/aromatic N) is 1. The molecule has 16 heavy (non-hydrogen) atoms. The molecule has 1 aromatic carbocycles. The molecule has 0 saturated carbocycles. The van der Waals surface area contributed by atoms with Gasteiger partial charge in [0.25, 0.3) is 0 Å². The van der Waals surface area contributed by atoms with Gasteiger partial charge in [-0.2, -0.15) is 0 Å². The van der Waals surface area contributed by atoms with Gasteiger partial charge in [-0.15, -0.1) is 0 Å². The Hall–Kier alpha value is -1.57. The molecule has 0 unspecified atom stereocenters. The third-order valence-electron chi connectivity index (χ3n) is 2.45. The molecule has 0 N–H and O–H groups in total. The normalized spacial score (nSPS) is 10.9. The minimum Gasteiger partial charge on any atom is -0.361 e. The molecule has 0 radical (unpaired) electrons. The molecule has 0 saturated heterocycles. The molecule has 0 aliphatic rings. The highest BCUT2D eigenvalue weighted by Gasteiger charge is 2.06. The third-order valence-corrected chi connectivity index (χ3v) is 2.45. The molecule has 1 aromatic heterocycles. The van der Waals surface area contributed by atoms with Crippen LogP contribution < -0.4 is 0 Å². The largest absolute Gasteiger partial charge is 0.361 e. The smallest absolute Gasteiger partial charge is 0.141 e. The molecule has 0 atom stereocenters.